The van der Waals surface area contributed by atoms with Gasteiger partial charge in [0, 0.05) is 19.8 Å². The van der Waals surface area contributed by atoms with Crippen molar-refractivity contribution in [2.24, 2.45) is 0 Å². The van der Waals surface area contributed by atoms with Crippen molar-refractivity contribution in [3.8, 4) is 0 Å². The quantitative estimate of drug-likeness (QED) is 0.657. The van der Waals surface area contributed by atoms with Gasteiger partial charge in [-0.1, -0.05) is 12.1 Å². The van der Waals surface area contributed by atoms with E-state index in [-0.39, 0.29) is 12.3 Å². The van der Waals surface area contributed by atoms with Crippen LogP contribution >= 0.6 is 0 Å². The number of ether oxygens (including phenoxy) is 1. The molecule has 0 atom stereocenters. The Morgan fingerprint density at radius 1 is 1.07 bits per heavy atom. The maximum atomic E-state index is 14.2. The molecule has 2 aromatic rings. The molecule has 0 spiro atoms. The zero-order chi connectivity index (χ0) is 21.6. The predicted octanol–water partition coefficient (Wildman–Crippen LogP) is 2.25. The van der Waals surface area contributed by atoms with E-state index in [2.05, 4.69) is 5.32 Å². The van der Waals surface area contributed by atoms with Crippen LogP contribution in [-0.2, 0) is 19.7 Å². The lowest BCUT2D eigenvalue weighted by atomic mass is 10.2. The number of anilines is 2. The number of rotatable bonds is 8. The molecular formula is C19H22FN3O5S. The molecule has 156 valence electrons. The summed E-state index contributed by atoms with van der Waals surface area (Å²) < 4.78 is 45.9. The average Bonchev–Trinajstić information content (AvgIpc) is 2.67. The molecule has 1 amide bonds. The van der Waals surface area contributed by atoms with Crippen LogP contribution in [0.2, 0.25) is 0 Å². The molecule has 29 heavy (non-hydrogen) atoms. The summed E-state index contributed by atoms with van der Waals surface area (Å²) in [7, 11) is -1.55. The van der Waals surface area contributed by atoms with Crippen molar-refractivity contribution in [3.05, 3.63) is 59.9 Å². The fourth-order valence-electron chi connectivity index (χ4n) is 2.38. The molecule has 0 saturated carbocycles. The normalized spacial score (nSPS) is 11.2. The molecule has 0 aromatic heterocycles. The Morgan fingerprint density at radius 2 is 1.69 bits per heavy atom. The highest BCUT2D eigenvalue weighted by atomic mass is 32.2. The lowest BCUT2D eigenvalue weighted by Gasteiger charge is -2.27. The van der Waals surface area contributed by atoms with E-state index in [1.54, 1.807) is 6.92 Å². The zero-order valence-corrected chi connectivity index (χ0v) is 17.1. The Balaban J connectivity index is 2.20. The molecular weight excluding hydrogens is 401 g/mol. The molecule has 0 aliphatic heterocycles. The third-order valence-electron chi connectivity index (χ3n) is 3.83. The van der Waals surface area contributed by atoms with E-state index in [4.69, 9.17) is 4.74 Å². The van der Waals surface area contributed by atoms with Gasteiger partial charge in [0.1, 0.15) is 12.4 Å². The summed E-state index contributed by atoms with van der Waals surface area (Å²) >= 11 is 0. The van der Waals surface area contributed by atoms with Crippen molar-refractivity contribution in [3.63, 3.8) is 0 Å². The molecule has 0 radical (unpaired) electrons. The Bertz CT molecular complexity index is 978. The van der Waals surface area contributed by atoms with Crippen LogP contribution in [0.5, 0.6) is 0 Å². The number of halogens is 1. The minimum absolute atomic E-state index is 0.240. The van der Waals surface area contributed by atoms with Gasteiger partial charge in [-0.2, -0.15) is 12.7 Å². The summed E-state index contributed by atoms with van der Waals surface area (Å²) in [5.74, 6) is -1.94. The summed E-state index contributed by atoms with van der Waals surface area (Å²) in [6.07, 6.45) is 0. The van der Waals surface area contributed by atoms with Gasteiger partial charge >= 0.3 is 16.2 Å². The van der Waals surface area contributed by atoms with Gasteiger partial charge in [0.2, 0.25) is 5.91 Å². The van der Waals surface area contributed by atoms with Crippen molar-refractivity contribution in [2.75, 3.05) is 36.9 Å². The SMILES string of the molecule is CCOC(=O)c1ccc(NC(=O)CN(c2ccccc2F)S(=O)(=O)N(C)C)cc1. The number of benzene rings is 2. The van der Waals surface area contributed by atoms with Gasteiger partial charge in [0.15, 0.2) is 0 Å². The van der Waals surface area contributed by atoms with E-state index in [1.807, 2.05) is 0 Å². The van der Waals surface area contributed by atoms with Crippen LogP contribution < -0.4 is 9.62 Å². The smallest absolute Gasteiger partial charge is 0.338 e. The summed E-state index contributed by atoms with van der Waals surface area (Å²) in [6, 6.07) is 11.2. The van der Waals surface area contributed by atoms with Crippen LogP contribution in [0.4, 0.5) is 15.8 Å². The minimum atomic E-state index is -4.12. The largest absolute Gasteiger partial charge is 0.462 e. The number of nitrogens with one attached hydrogen (secondary N) is 1. The van der Waals surface area contributed by atoms with Gasteiger partial charge in [0.25, 0.3) is 0 Å². The standard InChI is InChI=1S/C19H22FN3O5S/c1-4-28-19(25)14-9-11-15(12-10-14)21-18(24)13-23(29(26,27)22(2)3)17-8-6-5-7-16(17)20/h5-12H,4,13H2,1-3H3,(H,21,24). The van der Waals surface area contributed by atoms with Gasteiger partial charge in [0.05, 0.1) is 17.9 Å². The lowest BCUT2D eigenvalue weighted by Crippen LogP contribution is -2.44. The molecule has 0 aliphatic rings. The number of esters is 1. The van der Waals surface area contributed by atoms with Gasteiger partial charge in [-0.25, -0.2) is 13.5 Å². The van der Waals surface area contributed by atoms with Crippen molar-refractivity contribution in [2.45, 2.75) is 6.92 Å². The molecule has 0 aliphatic carbocycles. The van der Waals surface area contributed by atoms with E-state index in [1.165, 1.54) is 56.6 Å². The Hall–Kier alpha value is -2.98. The van der Waals surface area contributed by atoms with Crippen molar-refractivity contribution < 1.29 is 27.1 Å². The first-order valence-corrected chi connectivity index (χ1v) is 10.1. The highest BCUT2D eigenvalue weighted by Crippen LogP contribution is 2.23. The van der Waals surface area contributed by atoms with Crippen LogP contribution in [0.25, 0.3) is 0 Å². The zero-order valence-electron chi connectivity index (χ0n) is 16.3. The van der Waals surface area contributed by atoms with Crippen molar-refractivity contribution in [1.29, 1.82) is 0 Å². The highest BCUT2D eigenvalue weighted by molar-refractivity contribution is 7.90. The van der Waals surface area contributed by atoms with Gasteiger partial charge in [-0.3, -0.25) is 4.79 Å². The number of carbonyl (C=O) groups excluding carboxylic acids is 2. The van der Waals surface area contributed by atoms with Gasteiger partial charge < -0.3 is 10.1 Å². The van der Waals surface area contributed by atoms with Crippen molar-refractivity contribution >= 4 is 33.5 Å². The molecule has 0 saturated heterocycles. The molecule has 0 unspecified atom stereocenters. The first-order chi connectivity index (χ1) is 13.7. The van der Waals surface area contributed by atoms with E-state index in [0.29, 0.717) is 15.6 Å². The highest BCUT2D eigenvalue weighted by Gasteiger charge is 2.29. The molecule has 2 aromatic carbocycles. The summed E-state index contributed by atoms with van der Waals surface area (Å²) in [5, 5.41) is 2.53. The number of nitrogens with zero attached hydrogens (tertiary/aromatic N) is 2. The molecule has 0 bridgehead atoms. The fraction of sp³-hybridized carbons (Fsp3) is 0.263. The van der Waals surface area contributed by atoms with Crippen LogP contribution in [0.15, 0.2) is 48.5 Å². The first-order valence-electron chi connectivity index (χ1n) is 8.68. The minimum Gasteiger partial charge on any atom is -0.462 e. The van der Waals surface area contributed by atoms with E-state index in [9.17, 15) is 22.4 Å². The van der Waals surface area contributed by atoms with Crippen LogP contribution in [0.1, 0.15) is 17.3 Å². The van der Waals surface area contributed by atoms with Gasteiger partial charge in [-0.05, 0) is 43.3 Å². The Labute approximate surface area is 169 Å². The van der Waals surface area contributed by atoms with Crippen molar-refractivity contribution in [1.82, 2.24) is 4.31 Å². The van der Waals surface area contributed by atoms with Crippen LogP contribution in [-0.4, -0.2) is 51.8 Å². The maximum absolute atomic E-state index is 14.2. The molecule has 1 N–H and O–H groups in total. The molecule has 8 nitrogen and oxygen atoms in total. The second-order valence-electron chi connectivity index (χ2n) is 6.09. The third kappa shape index (κ3) is 5.52. The fourth-order valence-corrected chi connectivity index (χ4v) is 3.45. The first kappa shape index (κ1) is 22.3. The second kappa shape index (κ2) is 9.48. The number of hydrogen-bond donors (Lipinski definition) is 1. The number of amides is 1. The molecule has 2 rings (SSSR count). The maximum Gasteiger partial charge on any atom is 0.338 e. The molecule has 0 fully saturated rings. The Morgan fingerprint density at radius 3 is 2.24 bits per heavy atom. The lowest BCUT2D eigenvalue weighted by molar-refractivity contribution is -0.114. The monoisotopic (exact) mass is 423 g/mol. The predicted molar refractivity (Wildman–Crippen MR) is 107 cm³/mol. The molecule has 10 heteroatoms. The number of carbonyl (C=O) groups is 2. The summed E-state index contributed by atoms with van der Waals surface area (Å²) in [4.78, 5) is 24.1. The summed E-state index contributed by atoms with van der Waals surface area (Å²) in [6.45, 7) is 1.29. The van der Waals surface area contributed by atoms with Crippen LogP contribution in [0, 0.1) is 5.82 Å². The summed E-state index contributed by atoms with van der Waals surface area (Å²) in [5.41, 5.74) is 0.417. The van der Waals surface area contributed by atoms with Crippen LogP contribution in [0.3, 0.4) is 0 Å². The number of para-hydroxylation sites is 1. The second-order valence-corrected chi connectivity index (χ2v) is 8.16. The van der Waals surface area contributed by atoms with E-state index < -0.39 is 34.4 Å². The molecule has 0 heterocycles. The third-order valence-corrected chi connectivity index (χ3v) is 5.63. The Kier molecular flexibility index (Phi) is 7.29. The number of hydrogen-bond acceptors (Lipinski definition) is 5. The average molecular weight is 423 g/mol. The topological polar surface area (TPSA) is 96.0 Å². The van der Waals surface area contributed by atoms with E-state index >= 15 is 0 Å². The van der Waals surface area contributed by atoms with Gasteiger partial charge in [-0.15, -0.1) is 0 Å². The van der Waals surface area contributed by atoms with E-state index in [0.717, 1.165) is 10.4 Å².